The minimum absolute atomic E-state index is 0.0379. The summed E-state index contributed by atoms with van der Waals surface area (Å²) in [5.41, 5.74) is -0.627. The molecule has 4 rings (SSSR count). The number of rotatable bonds is 10. The maximum Gasteiger partial charge on any atom is 0.478 e. The van der Waals surface area contributed by atoms with Gasteiger partial charge in [0, 0.05) is 19.8 Å². The van der Waals surface area contributed by atoms with Crippen molar-refractivity contribution in [1.82, 2.24) is 19.5 Å². The summed E-state index contributed by atoms with van der Waals surface area (Å²) in [4.78, 5) is 59.0. The number of phosphoric ester groups is 1. The lowest BCUT2D eigenvalue weighted by atomic mass is 10.1. The Balaban J connectivity index is 1.66. The number of hydrogen-bond donors (Lipinski definition) is 2. The third-order valence-electron chi connectivity index (χ3n) is 5.57. The van der Waals surface area contributed by atoms with Crippen LogP contribution in [0, 0.1) is 0 Å². The lowest BCUT2D eigenvalue weighted by Gasteiger charge is -2.31. The van der Waals surface area contributed by atoms with Gasteiger partial charge in [-0.15, -0.1) is 0 Å². The molecule has 0 spiro atoms. The smallest absolute Gasteiger partial charge is 0.455 e. The predicted molar refractivity (Wildman–Crippen MR) is 127 cm³/mol. The lowest BCUT2D eigenvalue weighted by Crippen LogP contribution is -2.42. The van der Waals surface area contributed by atoms with Crippen molar-refractivity contribution in [2.45, 2.75) is 71.0 Å². The number of hydrogen-bond acceptors (Lipinski definition) is 13. The number of nitrogens with zero attached hydrogens (tertiary/aromatic N) is 3. The number of anilines is 1. The first-order valence-corrected chi connectivity index (χ1v) is 13.4. The van der Waals surface area contributed by atoms with Crippen LogP contribution in [0.5, 0.6) is 0 Å². The fourth-order valence-electron chi connectivity index (χ4n) is 3.91. The molecule has 2 fully saturated rings. The highest BCUT2D eigenvalue weighted by atomic mass is 31.2. The molecule has 0 aliphatic carbocycles. The fourth-order valence-corrected chi connectivity index (χ4v) is 5.17. The van der Waals surface area contributed by atoms with E-state index in [1.807, 2.05) is 6.92 Å². The van der Waals surface area contributed by atoms with Gasteiger partial charge in [-0.1, -0.05) is 13.8 Å². The van der Waals surface area contributed by atoms with Gasteiger partial charge in [-0.2, -0.15) is 4.98 Å². The molecule has 17 heteroatoms. The number of H-pyrrole nitrogens is 1. The van der Waals surface area contributed by atoms with Crippen molar-refractivity contribution in [2.75, 3.05) is 18.7 Å². The van der Waals surface area contributed by atoms with Gasteiger partial charge in [0.05, 0.1) is 12.9 Å². The Hall–Kier alpha value is -3.17. The van der Waals surface area contributed by atoms with Crippen molar-refractivity contribution in [3.05, 3.63) is 16.7 Å². The number of aromatic amines is 1. The van der Waals surface area contributed by atoms with E-state index in [1.54, 1.807) is 6.92 Å². The van der Waals surface area contributed by atoms with E-state index in [2.05, 4.69) is 25.0 Å². The number of ether oxygens (including phenoxy) is 3. The van der Waals surface area contributed by atoms with Gasteiger partial charge in [0.2, 0.25) is 18.6 Å². The van der Waals surface area contributed by atoms with Gasteiger partial charge < -0.3 is 14.2 Å². The van der Waals surface area contributed by atoms with Crippen LogP contribution >= 0.6 is 7.82 Å². The highest BCUT2D eigenvalue weighted by molar-refractivity contribution is 7.48. The molecule has 0 saturated carbocycles. The summed E-state index contributed by atoms with van der Waals surface area (Å²) < 4.78 is 46.5. The minimum Gasteiger partial charge on any atom is -0.455 e. The number of imidazole rings is 1. The summed E-state index contributed by atoms with van der Waals surface area (Å²) >= 11 is 0. The summed E-state index contributed by atoms with van der Waals surface area (Å²) in [5, 5.41) is 2.52. The van der Waals surface area contributed by atoms with Gasteiger partial charge in [0.1, 0.15) is 12.2 Å². The maximum absolute atomic E-state index is 13.0. The van der Waals surface area contributed by atoms with Crippen LogP contribution in [0.25, 0.3) is 11.2 Å². The first-order valence-electron chi connectivity index (χ1n) is 12.0. The Bertz CT molecular complexity index is 1310. The van der Waals surface area contributed by atoms with Crippen molar-refractivity contribution in [2.24, 2.45) is 0 Å². The average Bonchev–Trinajstić information content (AvgIpc) is 3.40. The molecule has 2 aromatic heterocycles. The zero-order valence-electron chi connectivity index (χ0n) is 20.9. The van der Waals surface area contributed by atoms with Gasteiger partial charge in [-0.3, -0.25) is 43.1 Å². The zero-order chi connectivity index (χ0) is 27.4. The van der Waals surface area contributed by atoms with Crippen LogP contribution in [0.2, 0.25) is 0 Å². The van der Waals surface area contributed by atoms with Gasteiger partial charge in [0.25, 0.3) is 5.56 Å². The van der Waals surface area contributed by atoms with Crippen LogP contribution in [0.3, 0.4) is 0 Å². The quantitative estimate of drug-likeness (QED) is 0.242. The number of esters is 2. The normalized spacial score (nSPS) is 26.6. The largest absolute Gasteiger partial charge is 0.478 e. The molecule has 2 aromatic rings. The van der Waals surface area contributed by atoms with E-state index in [4.69, 9.17) is 23.0 Å². The van der Waals surface area contributed by atoms with E-state index in [0.29, 0.717) is 12.8 Å². The molecule has 1 unspecified atom stereocenters. The molecule has 2 saturated heterocycles. The van der Waals surface area contributed by atoms with Crippen molar-refractivity contribution in [3.63, 3.8) is 0 Å². The number of phosphoric acid groups is 1. The Morgan fingerprint density at radius 3 is 2.74 bits per heavy atom. The van der Waals surface area contributed by atoms with Gasteiger partial charge >= 0.3 is 19.8 Å². The van der Waals surface area contributed by atoms with Crippen LogP contribution in [0.4, 0.5) is 5.95 Å². The van der Waals surface area contributed by atoms with Crippen LogP contribution in [-0.2, 0) is 46.7 Å². The minimum atomic E-state index is -4.22. The van der Waals surface area contributed by atoms with E-state index in [0.717, 1.165) is 6.92 Å². The first kappa shape index (κ1) is 27.9. The highest BCUT2D eigenvalue weighted by Crippen LogP contribution is 2.57. The predicted octanol–water partition coefficient (Wildman–Crippen LogP) is 1.53. The second kappa shape index (κ2) is 11.7. The molecule has 208 valence electrons. The van der Waals surface area contributed by atoms with Crippen molar-refractivity contribution < 1.29 is 46.7 Å². The van der Waals surface area contributed by atoms with Gasteiger partial charge in [-0.25, -0.2) is 14.1 Å². The third-order valence-corrected chi connectivity index (χ3v) is 6.96. The van der Waals surface area contributed by atoms with Crippen molar-refractivity contribution in [1.29, 1.82) is 0 Å². The molecular formula is C21H28N5O11P. The number of aromatic nitrogens is 4. The second-order valence-electron chi connectivity index (χ2n) is 8.50. The zero-order valence-corrected chi connectivity index (χ0v) is 21.8. The van der Waals surface area contributed by atoms with Crippen LogP contribution in [0.1, 0.15) is 52.7 Å². The Morgan fingerprint density at radius 1 is 1.26 bits per heavy atom. The van der Waals surface area contributed by atoms with Gasteiger partial charge in [-0.05, 0) is 12.8 Å². The van der Waals surface area contributed by atoms with Gasteiger partial charge in [0.15, 0.2) is 23.5 Å². The first-order chi connectivity index (χ1) is 18.1. The number of nitrogens with one attached hydrogen (secondary N) is 2. The molecule has 0 aromatic carbocycles. The topological polar surface area (TPSA) is 199 Å². The molecule has 4 heterocycles. The van der Waals surface area contributed by atoms with E-state index < -0.39 is 56.7 Å². The summed E-state index contributed by atoms with van der Waals surface area (Å²) in [6.45, 7) is 3.82. The Kier molecular flexibility index (Phi) is 8.57. The van der Waals surface area contributed by atoms with E-state index in [9.17, 15) is 23.7 Å². The summed E-state index contributed by atoms with van der Waals surface area (Å²) in [7, 11) is -4.22. The van der Waals surface area contributed by atoms with Crippen LogP contribution < -0.4 is 10.9 Å². The Morgan fingerprint density at radius 2 is 2.03 bits per heavy atom. The number of amides is 1. The van der Waals surface area contributed by atoms with Crippen molar-refractivity contribution >= 4 is 42.8 Å². The van der Waals surface area contributed by atoms with E-state index >= 15 is 0 Å². The molecule has 0 radical (unpaired) electrons. The summed E-state index contributed by atoms with van der Waals surface area (Å²) in [6, 6.07) is 0. The SMILES string of the molecule is CCCC(=O)Nc1nc2c(ncn2[C@@H]2O[C@@H]3COP(=O)(OCOC(C)=O)O[C@H]3[C@H]2OC(=O)CCC)c(=O)[nH]1. The molecule has 16 nitrogen and oxygen atoms in total. The second-order valence-corrected chi connectivity index (χ2v) is 10.1. The van der Waals surface area contributed by atoms with Crippen molar-refractivity contribution in [3.8, 4) is 0 Å². The standard InChI is InChI=1S/C21H28N5O11P/c1-4-6-13(28)23-21-24-18-15(19(30)25-21)22-9-26(18)20-17(36-14(29)7-5-2)16-12(35-20)8-33-38(31,37-16)34-10-32-11(3)27/h9,12,16-17,20H,4-8,10H2,1-3H3,(H2,23,24,25,28,30)/t12-,16-,17-,20-,38?/m1/s1. The molecule has 1 amide bonds. The molecular weight excluding hydrogens is 529 g/mol. The Labute approximate surface area is 215 Å². The summed E-state index contributed by atoms with van der Waals surface area (Å²) in [6.07, 6.45) is -1.58. The third kappa shape index (κ3) is 6.10. The fraction of sp³-hybridized carbons (Fsp3) is 0.619. The van der Waals surface area contributed by atoms with Crippen LogP contribution in [0.15, 0.2) is 11.1 Å². The molecule has 2 aliphatic heterocycles. The van der Waals surface area contributed by atoms with E-state index in [-0.39, 0.29) is 42.5 Å². The number of carbonyl (C=O) groups is 3. The molecule has 5 atom stereocenters. The lowest BCUT2D eigenvalue weighted by molar-refractivity contribution is -0.159. The molecule has 38 heavy (non-hydrogen) atoms. The monoisotopic (exact) mass is 557 g/mol. The molecule has 0 bridgehead atoms. The summed E-state index contributed by atoms with van der Waals surface area (Å²) in [5.74, 6) is -1.67. The molecule has 2 N–H and O–H groups in total. The number of carbonyl (C=O) groups excluding carboxylic acids is 3. The molecule has 2 aliphatic rings. The number of fused-ring (bicyclic) bond motifs is 2. The van der Waals surface area contributed by atoms with E-state index in [1.165, 1.54) is 10.9 Å². The highest BCUT2D eigenvalue weighted by Gasteiger charge is 2.56. The van der Waals surface area contributed by atoms with Crippen LogP contribution in [-0.4, -0.2) is 69.1 Å². The maximum atomic E-state index is 13.0. The average molecular weight is 557 g/mol.